The van der Waals surface area contributed by atoms with E-state index in [1.807, 2.05) is 0 Å². The van der Waals surface area contributed by atoms with Gasteiger partial charge in [0.05, 0.1) is 0 Å². The molecule has 0 radical (unpaired) electrons. The molecule has 3 N–H and O–H groups in total. The van der Waals surface area contributed by atoms with Crippen molar-refractivity contribution in [2.75, 3.05) is 20.2 Å². The molecule has 1 fully saturated rings. The van der Waals surface area contributed by atoms with E-state index in [1.54, 1.807) is 0 Å². The minimum atomic E-state index is -0.136. The minimum absolute atomic E-state index is 0.136. The number of hydrogen-bond acceptors (Lipinski definition) is 3. The van der Waals surface area contributed by atoms with Gasteiger partial charge in [0.25, 0.3) is 0 Å². The summed E-state index contributed by atoms with van der Waals surface area (Å²) in [6.45, 7) is 3.29. The summed E-state index contributed by atoms with van der Waals surface area (Å²) in [7, 11) is 2.08. The van der Waals surface area contributed by atoms with Gasteiger partial charge in [-0.1, -0.05) is 0 Å². The van der Waals surface area contributed by atoms with Crippen molar-refractivity contribution in [2.45, 2.75) is 31.3 Å². The van der Waals surface area contributed by atoms with Crippen molar-refractivity contribution in [1.29, 1.82) is 0 Å². The first-order chi connectivity index (χ1) is 5.07. The number of rotatable bonds is 2. The van der Waals surface area contributed by atoms with Crippen LogP contribution in [0.4, 0.5) is 0 Å². The molecule has 2 unspecified atom stereocenters. The van der Waals surface area contributed by atoms with Crippen molar-refractivity contribution in [2.24, 2.45) is 5.73 Å². The third-order valence-electron chi connectivity index (χ3n) is 2.63. The molecule has 0 aromatic heterocycles. The highest BCUT2D eigenvalue weighted by atomic mass is 16.3. The number of likely N-dealkylation sites (tertiary alicyclic amines) is 1. The number of likely N-dealkylation sites (N-methyl/N-ethyl adjacent to an activating group) is 1. The van der Waals surface area contributed by atoms with Gasteiger partial charge in [-0.25, -0.2) is 0 Å². The lowest BCUT2D eigenvalue weighted by molar-refractivity contribution is 0.237. The zero-order valence-electron chi connectivity index (χ0n) is 7.38. The van der Waals surface area contributed by atoms with Crippen molar-refractivity contribution < 1.29 is 5.11 Å². The summed E-state index contributed by atoms with van der Waals surface area (Å²) in [4.78, 5) is 2.25. The predicted octanol–water partition coefficient (Wildman–Crippen LogP) is -0.210. The van der Waals surface area contributed by atoms with E-state index in [-0.39, 0.29) is 12.1 Å². The van der Waals surface area contributed by atoms with E-state index in [4.69, 9.17) is 10.8 Å². The summed E-state index contributed by atoms with van der Waals surface area (Å²) in [5.41, 5.74) is 5.91. The van der Waals surface area contributed by atoms with E-state index in [9.17, 15) is 0 Å². The zero-order chi connectivity index (χ0) is 8.48. The number of hydrogen-bond donors (Lipinski definition) is 2. The van der Waals surface area contributed by atoms with Gasteiger partial charge in [-0.3, -0.25) is 0 Å². The predicted molar refractivity (Wildman–Crippen MR) is 45.3 cm³/mol. The number of nitrogens with two attached hydrogens (primary N) is 1. The van der Waals surface area contributed by atoms with Gasteiger partial charge in [-0.2, -0.15) is 0 Å². The molecule has 3 nitrogen and oxygen atoms in total. The van der Waals surface area contributed by atoms with Crippen LogP contribution in [0.15, 0.2) is 0 Å². The molecule has 0 saturated carbocycles. The SMILES string of the molecule is CC1CC(N)(CCO)CN1C. The first-order valence-electron chi connectivity index (χ1n) is 4.17. The third kappa shape index (κ3) is 1.92. The molecule has 0 bridgehead atoms. The smallest absolute Gasteiger partial charge is 0.0449 e. The van der Waals surface area contributed by atoms with Gasteiger partial charge < -0.3 is 15.7 Å². The maximum Gasteiger partial charge on any atom is 0.0449 e. The normalized spacial score (nSPS) is 39.8. The minimum Gasteiger partial charge on any atom is -0.396 e. The molecule has 1 saturated heterocycles. The molecular weight excluding hydrogens is 140 g/mol. The molecule has 3 heteroatoms. The Morgan fingerprint density at radius 3 is 2.73 bits per heavy atom. The Morgan fingerprint density at radius 1 is 1.73 bits per heavy atom. The van der Waals surface area contributed by atoms with Crippen molar-refractivity contribution >= 4 is 0 Å². The van der Waals surface area contributed by atoms with Gasteiger partial charge in [-0.05, 0) is 26.8 Å². The fourth-order valence-corrected chi connectivity index (χ4v) is 1.87. The third-order valence-corrected chi connectivity index (χ3v) is 2.63. The van der Waals surface area contributed by atoms with E-state index < -0.39 is 0 Å². The fraction of sp³-hybridized carbons (Fsp3) is 1.00. The highest BCUT2D eigenvalue weighted by molar-refractivity contribution is 4.96. The second-order valence-electron chi connectivity index (χ2n) is 3.80. The molecule has 0 aromatic rings. The molecule has 1 rings (SSSR count). The molecule has 1 aliphatic rings. The Bertz CT molecular complexity index is 128. The lowest BCUT2D eigenvalue weighted by Gasteiger charge is -2.21. The summed E-state index contributed by atoms with van der Waals surface area (Å²) in [6.07, 6.45) is 1.73. The van der Waals surface area contributed by atoms with Crippen LogP contribution < -0.4 is 5.73 Å². The van der Waals surface area contributed by atoms with Crippen LogP contribution in [-0.2, 0) is 0 Å². The van der Waals surface area contributed by atoms with Gasteiger partial charge in [-0.15, -0.1) is 0 Å². The summed E-state index contributed by atoms with van der Waals surface area (Å²) in [5, 5.41) is 8.77. The molecular formula is C8H18N2O. The second kappa shape index (κ2) is 3.09. The quantitative estimate of drug-likeness (QED) is 0.584. The highest BCUT2D eigenvalue weighted by Gasteiger charge is 2.36. The van der Waals surface area contributed by atoms with Crippen LogP contribution in [0.1, 0.15) is 19.8 Å². The molecule has 0 amide bonds. The van der Waals surface area contributed by atoms with Crippen LogP contribution in [0, 0.1) is 0 Å². The summed E-state index contributed by atoms with van der Waals surface area (Å²) in [5.74, 6) is 0. The standard InChI is InChI=1S/C8H18N2O/c1-7-5-8(9,3-4-11)6-10(7)2/h7,11H,3-6,9H2,1-2H3. The van der Waals surface area contributed by atoms with Gasteiger partial charge in [0.15, 0.2) is 0 Å². The maximum absolute atomic E-state index is 8.77. The van der Waals surface area contributed by atoms with E-state index >= 15 is 0 Å². The molecule has 1 heterocycles. The molecule has 2 atom stereocenters. The molecule has 0 aliphatic carbocycles. The molecule has 0 aromatic carbocycles. The molecule has 1 aliphatic heterocycles. The summed E-state index contributed by atoms with van der Waals surface area (Å²) < 4.78 is 0. The van der Waals surface area contributed by atoms with Crippen molar-refractivity contribution in [1.82, 2.24) is 4.90 Å². The van der Waals surface area contributed by atoms with Crippen LogP contribution >= 0.6 is 0 Å². The second-order valence-corrected chi connectivity index (χ2v) is 3.80. The summed E-state index contributed by atoms with van der Waals surface area (Å²) >= 11 is 0. The van der Waals surface area contributed by atoms with Gasteiger partial charge >= 0.3 is 0 Å². The van der Waals surface area contributed by atoms with E-state index in [0.29, 0.717) is 6.04 Å². The first kappa shape index (κ1) is 8.97. The highest BCUT2D eigenvalue weighted by Crippen LogP contribution is 2.25. The van der Waals surface area contributed by atoms with Crippen LogP contribution in [0.2, 0.25) is 0 Å². The average molecular weight is 158 g/mol. The Balaban J connectivity index is 2.49. The maximum atomic E-state index is 8.77. The zero-order valence-corrected chi connectivity index (χ0v) is 7.38. The van der Waals surface area contributed by atoms with Crippen LogP contribution in [-0.4, -0.2) is 41.8 Å². The van der Waals surface area contributed by atoms with Crippen molar-refractivity contribution in [3.63, 3.8) is 0 Å². The Hall–Kier alpha value is -0.120. The lowest BCUT2D eigenvalue weighted by atomic mass is 9.94. The van der Waals surface area contributed by atoms with Gasteiger partial charge in [0.1, 0.15) is 0 Å². The van der Waals surface area contributed by atoms with Crippen LogP contribution in [0.25, 0.3) is 0 Å². The number of nitrogens with zero attached hydrogens (tertiary/aromatic N) is 1. The Kier molecular flexibility index (Phi) is 2.52. The Morgan fingerprint density at radius 2 is 2.36 bits per heavy atom. The number of aliphatic hydroxyl groups is 1. The largest absolute Gasteiger partial charge is 0.396 e. The monoisotopic (exact) mass is 158 g/mol. The van der Waals surface area contributed by atoms with Crippen LogP contribution in [0.3, 0.4) is 0 Å². The van der Waals surface area contributed by atoms with Gasteiger partial charge in [0, 0.05) is 24.7 Å². The molecule has 11 heavy (non-hydrogen) atoms. The fourth-order valence-electron chi connectivity index (χ4n) is 1.87. The van der Waals surface area contributed by atoms with E-state index in [0.717, 1.165) is 19.4 Å². The molecule has 0 spiro atoms. The van der Waals surface area contributed by atoms with E-state index in [1.165, 1.54) is 0 Å². The summed E-state index contributed by atoms with van der Waals surface area (Å²) in [6, 6.07) is 0.562. The first-order valence-corrected chi connectivity index (χ1v) is 4.17. The van der Waals surface area contributed by atoms with Crippen molar-refractivity contribution in [3.05, 3.63) is 0 Å². The molecule has 66 valence electrons. The number of aliphatic hydroxyl groups excluding tert-OH is 1. The van der Waals surface area contributed by atoms with Crippen molar-refractivity contribution in [3.8, 4) is 0 Å². The van der Waals surface area contributed by atoms with Gasteiger partial charge in [0.2, 0.25) is 0 Å². The average Bonchev–Trinajstić information content (AvgIpc) is 2.08. The van der Waals surface area contributed by atoms with Crippen LogP contribution in [0.5, 0.6) is 0 Å². The Labute approximate surface area is 68.2 Å². The topological polar surface area (TPSA) is 49.5 Å². The van der Waals surface area contributed by atoms with E-state index in [2.05, 4.69) is 18.9 Å². The lowest BCUT2D eigenvalue weighted by Crippen LogP contribution is -2.42.